The van der Waals surface area contributed by atoms with Crippen LogP contribution < -0.4 is 10.6 Å². The highest BCUT2D eigenvalue weighted by Gasteiger charge is 2.41. The van der Waals surface area contributed by atoms with Gasteiger partial charge in [-0.15, -0.1) is 11.3 Å². The van der Waals surface area contributed by atoms with Crippen LogP contribution in [0.1, 0.15) is 55.8 Å². The molecular formula is C24H30N6O3S. The van der Waals surface area contributed by atoms with Crippen LogP contribution in [0, 0.1) is 12.8 Å². The van der Waals surface area contributed by atoms with E-state index in [4.69, 9.17) is 15.0 Å². The minimum Gasteiger partial charge on any atom is -0.396 e. The van der Waals surface area contributed by atoms with Gasteiger partial charge in [0.1, 0.15) is 22.4 Å². The summed E-state index contributed by atoms with van der Waals surface area (Å²) in [5.41, 5.74) is 3.61. The molecule has 0 amide bonds. The number of nitrogens with one attached hydrogen (secondary N) is 2. The van der Waals surface area contributed by atoms with Crippen LogP contribution in [0.25, 0.3) is 20.8 Å². The molecule has 5 N–H and O–H groups in total. The predicted octanol–water partition coefficient (Wildman–Crippen LogP) is 2.81. The Morgan fingerprint density at radius 3 is 2.56 bits per heavy atom. The van der Waals surface area contributed by atoms with Gasteiger partial charge in [-0.05, 0) is 51.5 Å². The van der Waals surface area contributed by atoms with E-state index < -0.39 is 18.2 Å². The number of aromatic nitrogens is 4. The van der Waals surface area contributed by atoms with E-state index in [0.29, 0.717) is 30.1 Å². The number of aliphatic hydroxyl groups excluding tert-OH is 3. The van der Waals surface area contributed by atoms with Gasteiger partial charge in [-0.25, -0.2) is 9.97 Å². The molecule has 9 nitrogen and oxygen atoms in total. The summed E-state index contributed by atoms with van der Waals surface area (Å²) in [5, 5.41) is 38.2. The number of aliphatic hydroxyl groups is 3. The quantitative estimate of drug-likeness (QED) is 0.344. The molecule has 3 saturated carbocycles. The first-order chi connectivity index (χ1) is 16.5. The van der Waals surface area contributed by atoms with Gasteiger partial charge in [-0.1, -0.05) is 0 Å². The van der Waals surface area contributed by atoms with Crippen molar-refractivity contribution in [3.63, 3.8) is 0 Å². The predicted molar refractivity (Wildman–Crippen MR) is 131 cm³/mol. The van der Waals surface area contributed by atoms with Crippen molar-refractivity contribution in [2.45, 2.75) is 75.7 Å². The average molecular weight is 483 g/mol. The maximum absolute atomic E-state index is 10.6. The molecule has 180 valence electrons. The minimum atomic E-state index is -0.996. The molecule has 4 atom stereocenters. The Morgan fingerprint density at radius 2 is 1.88 bits per heavy atom. The molecule has 34 heavy (non-hydrogen) atoms. The molecule has 0 radical (unpaired) electrons. The maximum atomic E-state index is 10.6. The van der Waals surface area contributed by atoms with Crippen molar-refractivity contribution in [3.8, 4) is 10.6 Å². The Labute approximate surface area is 201 Å². The molecule has 0 aliphatic heterocycles. The summed E-state index contributed by atoms with van der Waals surface area (Å²) in [6, 6.07) is 1.95. The molecule has 3 aliphatic carbocycles. The van der Waals surface area contributed by atoms with Crippen LogP contribution in [0.15, 0.2) is 12.3 Å². The zero-order valence-electron chi connectivity index (χ0n) is 19.1. The lowest BCUT2D eigenvalue weighted by molar-refractivity contribution is 0.00446. The molecule has 6 rings (SSSR count). The molecule has 0 spiro atoms. The Morgan fingerprint density at radius 1 is 1.06 bits per heavy atom. The van der Waals surface area contributed by atoms with Crippen molar-refractivity contribution < 1.29 is 15.3 Å². The van der Waals surface area contributed by atoms with Gasteiger partial charge in [0.05, 0.1) is 33.8 Å². The first-order valence-electron chi connectivity index (χ1n) is 12.2. The Hall–Kier alpha value is -2.40. The topological polar surface area (TPSA) is 136 Å². The normalized spacial score (nSPS) is 27.2. The van der Waals surface area contributed by atoms with Crippen molar-refractivity contribution in [3.05, 3.63) is 23.7 Å². The fourth-order valence-corrected chi connectivity index (χ4v) is 6.06. The lowest BCUT2D eigenvalue weighted by Gasteiger charge is -2.27. The average Bonchev–Trinajstić information content (AvgIpc) is 3.49. The molecule has 3 aliphatic rings. The van der Waals surface area contributed by atoms with Gasteiger partial charge in [0.25, 0.3) is 0 Å². The minimum absolute atomic E-state index is 0.171. The van der Waals surface area contributed by atoms with Gasteiger partial charge in [-0.2, -0.15) is 4.98 Å². The largest absolute Gasteiger partial charge is 0.396 e. The van der Waals surface area contributed by atoms with Gasteiger partial charge in [0.2, 0.25) is 5.95 Å². The second-order valence-corrected chi connectivity index (χ2v) is 10.9. The fraction of sp³-hybridized carbons (Fsp3) is 0.583. The van der Waals surface area contributed by atoms with Crippen molar-refractivity contribution in [1.82, 2.24) is 19.9 Å². The Kier molecular flexibility index (Phi) is 5.63. The highest BCUT2D eigenvalue weighted by molar-refractivity contribution is 7.21. The van der Waals surface area contributed by atoms with E-state index >= 15 is 0 Å². The maximum Gasteiger partial charge on any atom is 0.225 e. The number of pyridine rings is 1. The number of rotatable bonds is 7. The molecule has 3 aromatic rings. The zero-order valence-corrected chi connectivity index (χ0v) is 19.9. The third-order valence-electron chi connectivity index (χ3n) is 7.40. The number of hydrogen-bond acceptors (Lipinski definition) is 10. The van der Waals surface area contributed by atoms with Crippen LogP contribution in [0.2, 0.25) is 0 Å². The number of fused-ring (bicyclic) bond motifs is 1. The number of nitrogens with zero attached hydrogens (tertiary/aromatic N) is 4. The van der Waals surface area contributed by atoms with Gasteiger partial charge in [-0.3, -0.25) is 4.98 Å². The fourth-order valence-electron chi connectivity index (χ4n) is 4.99. The third kappa shape index (κ3) is 3.92. The SMILES string of the molecule is Cc1nc(NC2CCC2)nc(N[C@@H]2CC(CO)[C@@H](O)[C@H]2O)c1-c1nc2c(C3CC3)nccc2s1. The lowest BCUT2D eigenvalue weighted by atomic mass is 9.93. The standard InChI is InChI=1S/C24H30N6O3S/c1-11-17(23-29-19-16(34-23)7-8-25-18(19)12-5-6-12)22(30-24(26-11)27-14-3-2-4-14)28-15-9-13(10-31)20(32)21(15)33/h7-8,12-15,20-21,31-33H,2-6,9-10H2,1H3,(H2,26,27,28,30)/t13?,15-,20-,21+/m1/s1. The van der Waals surface area contributed by atoms with Gasteiger partial charge < -0.3 is 26.0 Å². The monoisotopic (exact) mass is 482 g/mol. The van der Waals surface area contributed by atoms with Gasteiger partial charge in [0, 0.05) is 30.7 Å². The van der Waals surface area contributed by atoms with Crippen LogP contribution >= 0.6 is 11.3 Å². The van der Waals surface area contributed by atoms with E-state index in [0.717, 1.165) is 57.9 Å². The first-order valence-corrected chi connectivity index (χ1v) is 13.0. The van der Waals surface area contributed by atoms with E-state index in [1.807, 2.05) is 19.2 Å². The second-order valence-electron chi connectivity index (χ2n) is 9.87. The van der Waals surface area contributed by atoms with E-state index in [-0.39, 0.29) is 12.5 Å². The molecule has 1 unspecified atom stereocenters. The lowest BCUT2D eigenvalue weighted by Crippen LogP contribution is -2.36. The number of hydrogen-bond donors (Lipinski definition) is 5. The van der Waals surface area contributed by atoms with Crippen molar-refractivity contribution in [2.75, 3.05) is 17.2 Å². The Bertz CT molecular complexity index is 1210. The van der Waals surface area contributed by atoms with Gasteiger partial charge >= 0.3 is 0 Å². The van der Waals surface area contributed by atoms with Crippen molar-refractivity contribution in [2.24, 2.45) is 5.92 Å². The molecule has 3 heterocycles. The van der Waals surface area contributed by atoms with Gasteiger partial charge in [0.15, 0.2) is 0 Å². The summed E-state index contributed by atoms with van der Waals surface area (Å²) in [6.07, 6.45) is 6.06. The molecule has 0 aromatic carbocycles. The highest BCUT2D eigenvalue weighted by atomic mass is 32.1. The Balaban J connectivity index is 1.41. The first kappa shape index (κ1) is 22.1. The summed E-state index contributed by atoms with van der Waals surface area (Å²) in [6.45, 7) is 1.78. The van der Waals surface area contributed by atoms with Crippen molar-refractivity contribution in [1.29, 1.82) is 0 Å². The molecule has 0 saturated heterocycles. The summed E-state index contributed by atoms with van der Waals surface area (Å²) in [4.78, 5) is 19.1. The van der Waals surface area contributed by atoms with Crippen molar-refractivity contribution >= 4 is 33.3 Å². The number of aryl methyl sites for hydroxylation is 1. The van der Waals surface area contributed by atoms with Crippen LogP contribution in [0.5, 0.6) is 0 Å². The van der Waals surface area contributed by atoms with Crippen LogP contribution in [-0.2, 0) is 0 Å². The van der Waals surface area contributed by atoms with E-state index in [1.165, 1.54) is 6.42 Å². The van der Waals surface area contributed by atoms with Crippen LogP contribution in [0.4, 0.5) is 11.8 Å². The van der Waals surface area contributed by atoms with E-state index in [2.05, 4.69) is 15.6 Å². The molecule has 3 fully saturated rings. The molecular weight excluding hydrogens is 452 g/mol. The van der Waals surface area contributed by atoms with Crippen LogP contribution in [-0.4, -0.2) is 66.2 Å². The summed E-state index contributed by atoms with van der Waals surface area (Å²) in [5.74, 6) is 1.26. The second kappa shape index (κ2) is 8.67. The number of anilines is 2. The molecule has 0 bridgehead atoms. The summed E-state index contributed by atoms with van der Waals surface area (Å²) < 4.78 is 1.09. The van der Waals surface area contributed by atoms with Crippen LogP contribution in [0.3, 0.4) is 0 Å². The highest BCUT2D eigenvalue weighted by Crippen LogP contribution is 2.44. The van der Waals surface area contributed by atoms with E-state index in [9.17, 15) is 15.3 Å². The summed E-state index contributed by atoms with van der Waals surface area (Å²) in [7, 11) is 0. The smallest absolute Gasteiger partial charge is 0.225 e. The third-order valence-corrected chi connectivity index (χ3v) is 8.44. The molecule has 3 aromatic heterocycles. The summed E-state index contributed by atoms with van der Waals surface area (Å²) >= 11 is 1.59. The van der Waals surface area contributed by atoms with E-state index in [1.54, 1.807) is 11.3 Å². The zero-order chi connectivity index (χ0) is 23.4. The number of thiazole rings is 1. The molecule has 10 heteroatoms.